The molecule has 3 atom stereocenters. The molecule has 0 aliphatic heterocycles. The predicted octanol–water partition coefficient (Wildman–Crippen LogP) is 1.16. The summed E-state index contributed by atoms with van der Waals surface area (Å²) in [6.45, 7) is 5.66. The summed E-state index contributed by atoms with van der Waals surface area (Å²) in [6.07, 6.45) is 0.911. The van der Waals surface area contributed by atoms with Gasteiger partial charge in [-0.05, 0) is 25.7 Å². The molecular weight excluding hydrogens is 128 g/mol. The van der Waals surface area contributed by atoms with E-state index in [1.807, 2.05) is 13.8 Å². The number of rotatable bonds is 4. The van der Waals surface area contributed by atoms with E-state index in [4.69, 9.17) is 5.11 Å². The van der Waals surface area contributed by atoms with Gasteiger partial charge in [-0.1, -0.05) is 13.8 Å². The van der Waals surface area contributed by atoms with Crippen LogP contribution in [0.5, 0.6) is 0 Å². The van der Waals surface area contributed by atoms with Crippen LogP contribution in [-0.4, -0.2) is 22.4 Å². The van der Waals surface area contributed by atoms with Gasteiger partial charge < -0.3 is 10.2 Å². The maximum Gasteiger partial charge on any atom is 0.0564 e. The highest BCUT2D eigenvalue weighted by Gasteiger charge is 2.13. The molecule has 0 rings (SSSR count). The first kappa shape index (κ1) is 9.92. The zero-order chi connectivity index (χ0) is 8.15. The first-order chi connectivity index (χ1) is 4.57. The molecule has 62 valence electrons. The third-order valence-corrected chi connectivity index (χ3v) is 1.79. The molecule has 0 amide bonds. The van der Waals surface area contributed by atoms with Crippen LogP contribution >= 0.6 is 0 Å². The molecule has 2 N–H and O–H groups in total. The normalized spacial score (nSPS) is 20.1. The summed E-state index contributed by atoms with van der Waals surface area (Å²) < 4.78 is 0. The van der Waals surface area contributed by atoms with Gasteiger partial charge in [0.1, 0.15) is 0 Å². The summed E-state index contributed by atoms with van der Waals surface area (Å²) in [5, 5.41) is 18.2. The van der Waals surface area contributed by atoms with Crippen molar-refractivity contribution in [2.24, 2.45) is 5.92 Å². The SMILES string of the molecule is CCC(O)C(C)CC(C)O. The Morgan fingerprint density at radius 1 is 1.20 bits per heavy atom. The molecule has 2 nitrogen and oxygen atoms in total. The molecule has 0 spiro atoms. The highest BCUT2D eigenvalue weighted by Crippen LogP contribution is 2.12. The van der Waals surface area contributed by atoms with E-state index in [1.54, 1.807) is 6.92 Å². The van der Waals surface area contributed by atoms with Crippen LogP contribution in [0.25, 0.3) is 0 Å². The second-order valence-electron chi connectivity index (χ2n) is 3.04. The van der Waals surface area contributed by atoms with Gasteiger partial charge in [0, 0.05) is 0 Å². The van der Waals surface area contributed by atoms with Gasteiger partial charge in [-0.25, -0.2) is 0 Å². The Labute approximate surface area is 62.9 Å². The van der Waals surface area contributed by atoms with Crippen LogP contribution in [0.15, 0.2) is 0 Å². The fourth-order valence-electron chi connectivity index (χ4n) is 1.10. The zero-order valence-corrected chi connectivity index (χ0v) is 7.04. The fourth-order valence-corrected chi connectivity index (χ4v) is 1.10. The van der Waals surface area contributed by atoms with Gasteiger partial charge in [0.05, 0.1) is 12.2 Å². The molecule has 0 saturated carbocycles. The maximum atomic E-state index is 9.26. The minimum Gasteiger partial charge on any atom is -0.393 e. The minimum absolute atomic E-state index is 0.213. The van der Waals surface area contributed by atoms with Crippen molar-refractivity contribution in [2.75, 3.05) is 0 Å². The Bertz CT molecular complexity index is 81.3. The van der Waals surface area contributed by atoms with Crippen LogP contribution in [0.3, 0.4) is 0 Å². The van der Waals surface area contributed by atoms with Gasteiger partial charge in [0.15, 0.2) is 0 Å². The lowest BCUT2D eigenvalue weighted by molar-refractivity contribution is 0.0733. The van der Waals surface area contributed by atoms with Crippen molar-refractivity contribution in [3.63, 3.8) is 0 Å². The highest BCUT2D eigenvalue weighted by molar-refractivity contribution is 4.64. The highest BCUT2D eigenvalue weighted by atomic mass is 16.3. The van der Waals surface area contributed by atoms with Crippen LogP contribution in [0.2, 0.25) is 0 Å². The van der Waals surface area contributed by atoms with Crippen LogP contribution in [0.1, 0.15) is 33.6 Å². The van der Waals surface area contributed by atoms with Gasteiger partial charge in [0.25, 0.3) is 0 Å². The van der Waals surface area contributed by atoms with Crippen LogP contribution in [0.4, 0.5) is 0 Å². The van der Waals surface area contributed by atoms with Crippen molar-refractivity contribution in [1.29, 1.82) is 0 Å². The second-order valence-corrected chi connectivity index (χ2v) is 3.04. The zero-order valence-electron chi connectivity index (χ0n) is 7.04. The Hall–Kier alpha value is -0.0800. The first-order valence-corrected chi connectivity index (χ1v) is 3.94. The molecule has 0 bridgehead atoms. The van der Waals surface area contributed by atoms with Gasteiger partial charge >= 0.3 is 0 Å². The molecule has 0 aliphatic rings. The van der Waals surface area contributed by atoms with E-state index in [0.717, 1.165) is 6.42 Å². The average molecular weight is 146 g/mol. The number of aliphatic hydroxyl groups is 2. The molecule has 10 heavy (non-hydrogen) atoms. The van der Waals surface area contributed by atoms with E-state index < -0.39 is 0 Å². The van der Waals surface area contributed by atoms with Crippen molar-refractivity contribution < 1.29 is 10.2 Å². The van der Waals surface area contributed by atoms with Crippen molar-refractivity contribution in [1.82, 2.24) is 0 Å². The quantitative estimate of drug-likeness (QED) is 0.625. The molecule has 0 aromatic heterocycles. The largest absolute Gasteiger partial charge is 0.393 e. The minimum atomic E-state index is -0.295. The van der Waals surface area contributed by atoms with E-state index in [0.29, 0.717) is 6.42 Å². The fraction of sp³-hybridized carbons (Fsp3) is 1.00. The third-order valence-electron chi connectivity index (χ3n) is 1.79. The van der Waals surface area contributed by atoms with E-state index in [2.05, 4.69) is 0 Å². The van der Waals surface area contributed by atoms with E-state index in [9.17, 15) is 5.11 Å². The predicted molar refractivity (Wildman–Crippen MR) is 41.8 cm³/mol. The molecule has 0 aromatic rings. The lowest BCUT2D eigenvalue weighted by Crippen LogP contribution is -2.20. The molecule has 3 unspecified atom stereocenters. The maximum absolute atomic E-state index is 9.26. The van der Waals surface area contributed by atoms with Crippen molar-refractivity contribution in [3.05, 3.63) is 0 Å². The monoisotopic (exact) mass is 146 g/mol. The van der Waals surface area contributed by atoms with Gasteiger partial charge in [-0.15, -0.1) is 0 Å². The second kappa shape index (κ2) is 4.69. The Morgan fingerprint density at radius 2 is 1.70 bits per heavy atom. The van der Waals surface area contributed by atoms with E-state index >= 15 is 0 Å². The molecule has 0 saturated heterocycles. The third kappa shape index (κ3) is 3.85. The molecule has 2 heteroatoms. The summed E-state index contributed by atoms with van der Waals surface area (Å²) in [7, 11) is 0. The Balaban J connectivity index is 3.50. The molecule has 0 aliphatic carbocycles. The Morgan fingerprint density at radius 3 is 2.00 bits per heavy atom. The van der Waals surface area contributed by atoms with E-state index in [-0.39, 0.29) is 18.1 Å². The van der Waals surface area contributed by atoms with Crippen LogP contribution < -0.4 is 0 Å². The lowest BCUT2D eigenvalue weighted by Gasteiger charge is -2.18. The summed E-state index contributed by atoms with van der Waals surface area (Å²) in [5.74, 6) is 0.213. The summed E-state index contributed by atoms with van der Waals surface area (Å²) >= 11 is 0. The number of hydrogen-bond donors (Lipinski definition) is 2. The Kier molecular flexibility index (Phi) is 4.65. The van der Waals surface area contributed by atoms with Gasteiger partial charge in [0.2, 0.25) is 0 Å². The van der Waals surface area contributed by atoms with Gasteiger partial charge in [-0.2, -0.15) is 0 Å². The molecule has 0 fully saturated rings. The van der Waals surface area contributed by atoms with Crippen molar-refractivity contribution in [3.8, 4) is 0 Å². The molecule has 0 aromatic carbocycles. The number of aliphatic hydroxyl groups excluding tert-OH is 2. The average Bonchev–Trinajstić information content (AvgIpc) is 1.85. The summed E-state index contributed by atoms with van der Waals surface area (Å²) in [6, 6.07) is 0. The number of hydrogen-bond acceptors (Lipinski definition) is 2. The van der Waals surface area contributed by atoms with Crippen molar-refractivity contribution in [2.45, 2.75) is 45.8 Å². The topological polar surface area (TPSA) is 40.5 Å². The molecule has 0 heterocycles. The first-order valence-electron chi connectivity index (χ1n) is 3.94. The molecule has 0 radical (unpaired) electrons. The smallest absolute Gasteiger partial charge is 0.0564 e. The summed E-state index contributed by atoms with van der Waals surface area (Å²) in [5.41, 5.74) is 0. The lowest BCUT2D eigenvalue weighted by atomic mass is 9.96. The van der Waals surface area contributed by atoms with Crippen molar-refractivity contribution >= 4 is 0 Å². The standard InChI is InChI=1S/C8H18O2/c1-4-8(10)6(2)5-7(3)9/h6-10H,4-5H2,1-3H3. The molecular formula is C8H18O2. The van der Waals surface area contributed by atoms with Crippen LogP contribution in [-0.2, 0) is 0 Å². The van der Waals surface area contributed by atoms with E-state index in [1.165, 1.54) is 0 Å². The van der Waals surface area contributed by atoms with Crippen LogP contribution in [0, 0.1) is 5.92 Å². The van der Waals surface area contributed by atoms with Gasteiger partial charge in [-0.3, -0.25) is 0 Å². The summed E-state index contributed by atoms with van der Waals surface area (Å²) in [4.78, 5) is 0.